The zero-order chi connectivity index (χ0) is 20.3. The van der Waals surface area contributed by atoms with Gasteiger partial charge in [-0.15, -0.1) is 0 Å². The van der Waals surface area contributed by atoms with E-state index in [0.29, 0.717) is 0 Å². The SMILES string of the molecule is N#CCOc1ccc(-c2ccc3c(c2)c2c(n3Cc3ccccc3)CCCC2)cc1. The van der Waals surface area contributed by atoms with Crippen LogP contribution in [0.2, 0.25) is 0 Å². The van der Waals surface area contributed by atoms with E-state index in [2.05, 4.69) is 65.2 Å². The summed E-state index contributed by atoms with van der Waals surface area (Å²) in [7, 11) is 0. The molecule has 0 spiro atoms. The first-order chi connectivity index (χ1) is 14.8. The molecule has 3 nitrogen and oxygen atoms in total. The normalized spacial score (nSPS) is 13.0. The minimum atomic E-state index is 0.0758. The van der Waals surface area contributed by atoms with Crippen molar-refractivity contribution in [3.05, 3.63) is 89.6 Å². The molecule has 0 saturated carbocycles. The van der Waals surface area contributed by atoms with E-state index in [1.807, 2.05) is 18.2 Å². The molecule has 0 bridgehead atoms. The molecular formula is C27H24N2O. The number of benzene rings is 3. The Hall–Kier alpha value is -3.51. The highest BCUT2D eigenvalue weighted by Gasteiger charge is 2.20. The number of nitriles is 1. The molecule has 1 aromatic heterocycles. The van der Waals surface area contributed by atoms with Gasteiger partial charge in [-0.05, 0) is 72.2 Å². The highest BCUT2D eigenvalue weighted by atomic mass is 16.5. The van der Waals surface area contributed by atoms with Gasteiger partial charge in [0, 0.05) is 23.1 Å². The van der Waals surface area contributed by atoms with E-state index in [1.165, 1.54) is 51.7 Å². The van der Waals surface area contributed by atoms with E-state index in [1.54, 1.807) is 0 Å². The van der Waals surface area contributed by atoms with Crippen LogP contribution in [0.3, 0.4) is 0 Å². The van der Waals surface area contributed by atoms with Gasteiger partial charge in [0.05, 0.1) is 0 Å². The second-order valence-electron chi connectivity index (χ2n) is 7.91. The topological polar surface area (TPSA) is 37.9 Å². The lowest BCUT2D eigenvalue weighted by Gasteiger charge is -2.16. The molecule has 1 heterocycles. The lowest BCUT2D eigenvalue weighted by molar-refractivity contribution is 0.368. The van der Waals surface area contributed by atoms with Crippen LogP contribution in [0.5, 0.6) is 5.75 Å². The van der Waals surface area contributed by atoms with Crippen LogP contribution < -0.4 is 4.74 Å². The molecule has 0 fully saturated rings. The maximum Gasteiger partial charge on any atom is 0.174 e. The lowest BCUT2D eigenvalue weighted by atomic mass is 9.94. The molecular weight excluding hydrogens is 368 g/mol. The number of rotatable bonds is 5. The summed E-state index contributed by atoms with van der Waals surface area (Å²) in [5.74, 6) is 0.729. The van der Waals surface area contributed by atoms with Crippen molar-refractivity contribution < 1.29 is 4.74 Å². The second-order valence-corrected chi connectivity index (χ2v) is 7.91. The van der Waals surface area contributed by atoms with Crippen LogP contribution in [-0.4, -0.2) is 11.2 Å². The summed E-state index contributed by atoms with van der Waals surface area (Å²) < 4.78 is 7.92. The lowest BCUT2D eigenvalue weighted by Crippen LogP contribution is -2.09. The minimum Gasteiger partial charge on any atom is -0.479 e. The molecule has 0 saturated heterocycles. The fourth-order valence-electron chi connectivity index (χ4n) is 4.62. The van der Waals surface area contributed by atoms with Gasteiger partial charge in [0.2, 0.25) is 0 Å². The van der Waals surface area contributed by atoms with Crippen molar-refractivity contribution in [2.75, 3.05) is 6.61 Å². The van der Waals surface area contributed by atoms with Crippen molar-refractivity contribution in [1.82, 2.24) is 4.57 Å². The average Bonchev–Trinajstić information content (AvgIpc) is 3.12. The van der Waals surface area contributed by atoms with Gasteiger partial charge in [-0.25, -0.2) is 0 Å². The van der Waals surface area contributed by atoms with Crippen LogP contribution in [-0.2, 0) is 19.4 Å². The molecule has 148 valence electrons. The summed E-state index contributed by atoms with van der Waals surface area (Å²) in [5.41, 5.74) is 8.12. The van der Waals surface area contributed by atoms with Gasteiger partial charge in [0.25, 0.3) is 0 Å². The molecule has 3 aromatic carbocycles. The first-order valence-electron chi connectivity index (χ1n) is 10.6. The Morgan fingerprint density at radius 1 is 0.867 bits per heavy atom. The number of fused-ring (bicyclic) bond motifs is 3. The number of hydrogen-bond donors (Lipinski definition) is 0. The summed E-state index contributed by atoms with van der Waals surface area (Å²) in [6, 6.07) is 27.6. The van der Waals surface area contributed by atoms with E-state index in [-0.39, 0.29) is 6.61 Å². The third-order valence-electron chi connectivity index (χ3n) is 6.05. The first kappa shape index (κ1) is 18.5. The average molecular weight is 393 g/mol. The van der Waals surface area contributed by atoms with Crippen molar-refractivity contribution >= 4 is 10.9 Å². The predicted octanol–water partition coefficient (Wildman–Crippen LogP) is 6.14. The smallest absolute Gasteiger partial charge is 0.174 e. The van der Waals surface area contributed by atoms with Crippen LogP contribution in [0.1, 0.15) is 29.7 Å². The maximum absolute atomic E-state index is 8.68. The summed E-state index contributed by atoms with van der Waals surface area (Å²) >= 11 is 0. The molecule has 1 aliphatic rings. The molecule has 4 aromatic rings. The van der Waals surface area contributed by atoms with Gasteiger partial charge in [0.15, 0.2) is 6.61 Å². The number of ether oxygens (including phenoxy) is 1. The Morgan fingerprint density at radius 2 is 1.63 bits per heavy atom. The Bertz CT molecular complexity index is 1210. The third-order valence-corrected chi connectivity index (χ3v) is 6.05. The minimum absolute atomic E-state index is 0.0758. The highest BCUT2D eigenvalue weighted by molar-refractivity contribution is 5.90. The van der Waals surface area contributed by atoms with Crippen molar-refractivity contribution in [2.24, 2.45) is 0 Å². The van der Waals surface area contributed by atoms with Crippen molar-refractivity contribution in [2.45, 2.75) is 32.2 Å². The van der Waals surface area contributed by atoms with Gasteiger partial charge >= 0.3 is 0 Å². The summed E-state index contributed by atoms with van der Waals surface area (Å²) in [4.78, 5) is 0. The molecule has 3 heteroatoms. The Labute approximate surface area is 177 Å². The molecule has 0 aliphatic heterocycles. The molecule has 30 heavy (non-hydrogen) atoms. The van der Waals surface area contributed by atoms with Crippen LogP contribution in [0.25, 0.3) is 22.0 Å². The van der Waals surface area contributed by atoms with Crippen molar-refractivity contribution in [1.29, 1.82) is 5.26 Å². The van der Waals surface area contributed by atoms with E-state index in [0.717, 1.165) is 25.1 Å². The maximum atomic E-state index is 8.68. The number of aryl methyl sites for hydroxylation is 1. The largest absolute Gasteiger partial charge is 0.479 e. The Kier molecular flexibility index (Phi) is 4.99. The molecule has 0 amide bonds. The fourth-order valence-corrected chi connectivity index (χ4v) is 4.62. The standard InChI is InChI=1S/C27H24N2O/c28-16-17-30-23-13-10-21(11-14-23)22-12-15-27-25(18-22)24-8-4-5-9-26(24)29(27)19-20-6-2-1-3-7-20/h1-3,6-7,10-15,18H,4-5,8-9,17,19H2. The van der Waals surface area contributed by atoms with Crippen LogP contribution in [0.15, 0.2) is 72.8 Å². The molecule has 1 aliphatic carbocycles. The number of hydrogen-bond acceptors (Lipinski definition) is 2. The van der Waals surface area contributed by atoms with Gasteiger partial charge in [0.1, 0.15) is 11.8 Å². The second kappa shape index (κ2) is 8.08. The monoisotopic (exact) mass is 392 g/mol. The first-order valence-corrected chi connectivity index (χ1v) is 10.6. The summed E-state index contributed by atoms with van der Waals surface area (Å²) in [6.07, 6.45) is 4.87. The third kappa shape index (κ3) is 3.46. The van der Waals surface area contributed by atoms with E-state index >= 15 is 0 Å². The number of nitrogens with zero attached hydrogens (tertiary/aromatic N) is 2. The summed E-state index contributed by atoms with van der Waals surface area (Å²) in [6.45, 7) is 1.00. The number of aromatic nitrogens is 1. The van der Waals surface area contributed by atoms with E-state index in [4.69, 9.17) is 10.00 Å². The molecule has 0 unspecified atom stereocenters. The predicted molar refractivity (Wildman–Crippen MR) is 121 cm³/mol. The van der Waals surface area contributed by atoms with E-state index in [9.17, 15) is 0 Å². The van der Waals surface area contributed by atoms with Crippen LogP contribution >= 0.6 is 0 Å². The molecule has 0 atom stereocenters. The molecule has 0 N–H and O–H groups in total. The van der Waals surface area contributed by atoms with Gasteiger partial charge in [-0.2, -0.15) is 5.26 Å². The summed E-state index contributed by atoms with van der Waals surface area (Å²) in [5, 5.41) is 10.1. The zero-order valence-corrected chi connectivity index (χ0v) is 17.0. The quantitative estimate of drug-likeness (QED) is 0.409. The van der Waals surface area contributed by atoms with Crippen molar-refractivity contribution in [3.63, 3.8) is 0 Å². The molecule has 0 radical (unpaired) electrons. The van der Waals surface area contributed by atoms with E-state index < -0.39 is 0 Å². The zero-order valence-electron chi connectivity index (χ0n) is 17.0. The molecule has 5 rings (SSSR count). The van der Waals surface area contributed by atoms with Gasteiger partial charge in [-0.1, -0.05) is 48.5 Å². The van der Waals surface area contributed by atoms with Gasteiger partial charge < -0.3 is 9.30 Å². The van der Waals surface area contributed by atoms with Crippen molar-refractivity contribution in [3.8, 4) is 22.9 Å². The fraction of sp³-hybridized carbons (Fsp3) is 0.222. The van der Waals surface area contributed by atoms with Gasteiger partial charge in [-0.3, -0.25) is 0 Å². The van der Waals surface area contributed by atoms with Crippen LogP contribution in [0, 0.1) is 11.3 Å². The highest BCUT2D eigenvalue weighted by Crippen LogP contribution is 2.35. The van der Waals surface area contributed by atoms with Crippen LogP contribution in [0.4, 0.5) is 0 Å². The Balaban J connectivity index is 1.55. The Morgan fingerprint density at radius 3 is 2.43 bits per heavy atom.